The monoisotopic (exact) mass is 374 g/mol. The van der Waals surface area contributed by atoms with Crippen LogP contribution in [0.3, 0.4) is 0 Å². The Hall–Kier alpha value is -3.54. The molecule has 28 heavy (non-hydrogen) atoms. The van der Waals surface area contributed by atoms with E-state index in [1.165, 1.54) is 0 Å². The molecule has 4 aromatic rings. The van der Waals surface area contributed by atoms with Gasteiger partial charge in [0.25, 0.3) is 5.91 Å². The summed E-state index contributed by atoms with van der Waals surface area (Å²) in [6.45, 7) is 2.19. The molecule has 142 valence electrons. The molecule has 0 saturated heterocycles. The van der Waals surface area contributed by atoms with Crippen molar-refractivity contribution in [3.05, 3.63) is 72.1 Å². The van der Waals surface area contributed by atoms with Crippen LogP contribution in [0, 0.1) is 0 Å². The molecular formula is C22H22N4O2. The number of H-pyrrole nitrogens is 2. The minimum absolute atomic E-state index is 0.204. The Kier molecular flexibility index (Phi) is 4.85. The number of aromatic amines is 2. The first kappa shape index (κ1) is 17.9. The van der Waals surface area contributed by atoms with Gasteiger partial charge in [-0.05, 0) is 37.1 Å². The van der Waals surface area contributed by atoms with E-state index in [-0.39, 0.29) is 11.8 Å². The number of hydrogen-bond donors (Lipinski definition) is 4. The van der Waals surface area contributed by atoms with E-state index in [9.17, 15) is 9.59 Å². The lowest BCUT2D eigenvalue weighted by molar-refractivity contribution is -0.122. The molecular weight excluding hydrogens is 352 g/mol. The molecule has 0 spiro atoms. The first-order valence-corrected chi connectivity index (χ1v) is 9.33. The summed E-state index contributed by atoms with van der Waals surface area (Å²) < 4.78 is 0. The zero-order valence-electron chi connectivity index (χ0n) is 15.6. The molecule has 1 atom stereocenters. The van der Waals surface area contributed by atoms with Crippen LogP contribution in [0.2, 0.25) is 0 Å². The highest BCUT2D eigenvalue weighted by Crippen LogP contribution is 2.17. The molecule has 1 unspecified atom stereocenters. The predicted octanol–water partition coefficient (Wildman–Crippen LogP) is 3.13. The van der Waals surface area contributed by atoms with Crippen molar-refractivity contribution in [3.63, 3.8) is 0 Å². The molecule has 0 radical (unpaired) electrons. The van der Waals surface area contributed by atoms with E-state index in [1.54, 1.807) is 13.0 Å². The van der Waals surface area contributed by atoms with Crippen molar-refractivity contribution in [1.82, 2.24) is 20.6 Å². The van der Waals surface area contributed by atoms with Gasteiger partial charge in [-0.1, -0.05) is 36.4 Å². The number of amides is 2. The highest BCUT2D eigenvalue weighted by Gasteiger charge is 2.17. The Bertz CT molecular complexity index is 1110. The summed E-state index contributed by atoms with van der Waals surface area (Å²) in [5.74, 6) is -0.500. The summed E-state index contributed by atoms with van der Waals surface area (Å²) in [5, 5.41) is 7.76. The van der Waals surface area contributed by atoms with Gasteiger partial charge < -0.3 is 20.6 Å². The molecule has 0 saturated carbocycles. The van der Waals surface area contributed by atoms with Crippen LogP contribution in [0.4, 0.5) is 0 Å². The van der Waals surface area contributed by atoms with E-state index in [0.29, 0.717) is 12.2 Å². The van der Waals surface area contributed by atoms with Crippen molar-refractivity contribution in [2.24, 2.45) is 0 Å². The van der Waals surface area contributed by atoms with Crippen LogP contribution >= 0.6 is 0 Å². The molecule has 2 aromatic heterocycles. The average molecular weight is 374 g/mol. The van der Waals surface area contributed by atoms with Gasteiger partial charge in [0.15, 0.2) is 0 Å². The average Bonchev–Trinajstić information content (AvgIpc) is 3.32. The number of nitrogens with one attached hydrogen (secondary N) is 4. The van der Waals surface area contributed by atoms with E-state index >= 15 is 0 Å². The number of rotatable bonds is 6. The fourth-order valence-electron chi connectivity index (χ4n) is 3.35. The van der Waals surface area contributed by atoms with E-state index in [0.717, 1.165) is 33.8 Å². The first-order valence-electron chi connectivity index (χ1n) is 9.33. The van der Waals surface area contributed by atoms with Crippen LogP contribution in [-0.4, -0.2) is 34.4 Å². The smallest absolute Gasteiger partial charge is 0.268 e. The van der Waals surface area contributed by atoms with Crippen molar-refractivity contribution in [2.75, 3.05) is 6.54 Å². The maximum Gasteiger partial charge on any atom is 0.268 e. The Morgan fingerprint density at radius 3 is 2.61 bits per heavy atom. The molecule has 2 heterocycles. The maximum atomic E-state index is 12.4. The number of hydrogen-bond acceptors (Lipinski definition) is 2. The van der Waals surface area contributed by atoms with Crippen molar-refractivity contribution in [1.29, 1.82) is 0 Å². The highest BCUT2D eigenvalue weighted by molar-refractivity contribution is 6.00. The third-order valence-electron chi connectivity index (χ3n) is 4.88. The Labute approximate surface area is 162 Å². The predicted molar refractivity (Wildman–Crippen MR) is 110 cm³/mol. The van der Waals surface area contributed by atoms with Gasteiger partial charge in [0.1, 0.15) is 11.7 Å². The molecule has 2 amide bonds. The minimum Gasteiger partial charge on any atom is -0.361 e. The van der Waals surface area contributed by atoms with Crippen molar-refractivity contribution in [3.8, 4) is 0 Å². The molecule has 0 aliphatic heterocycles. The third-order valence-corrected chi connectivity index (χ3v) is 4.88. The standard InChI is InChI=1S/C22H22N4O2/c1-14(25-22(28)20-12-15-6-2-4-8-18(15)26-20)21(27)23-11-10-16-13-24-19-9-5-3-7-17(16)19/h2-9,12-14,24,26H,10-11H2,1H3,(H,23,27)(H,25,28). The van der Waals surface area contributed by atoms with Crippen molar-refractivity contribution >= 4 is 33.6 Å². The van der Waals surface area contributed by atoms with Gasteiger partial charge in [-0.15, -0.1) is 0 Å². The van der Waals surface area contributed by atoms with Gasteiger partial charge in [0.05, 0.1) is 0 Å². The number of carbonyl (C=O) groups is 2. The Morgan fingerprint density at radius 2 is 1.79 bits per heavy atom. The van der Waals surface area contributed by atoms with Gasteiger partial charge in [-0.3, -0.25) is 9.59 Å². The van der Waals surface area contributed by atoms with Crippen molar-refractivity contribution < 1.29 is 9.59 Å². The van der Waals surface area contributed by atoms with Crippen LogP contribution in [0.15, 0.2) is 60.8 Å². The van der Waals surface area contributed by atoms with Gasteiger partial charge >= 0.3 is 0 Å². The fraction of sp³-hybridized carbons (Fsp3) is 0.182. The zero-order chi connectivity index (χ0) is 19.5. The summed E-state index contributed by atoms with van der Waals surface area (Å²) in [4.78, 5) is 31.0. The van der Waals surface area contributed by atoms with E-state index in [4.69, 9.17) is 0 Å². The molecule has 0 aliphatic carbocycles. The van der Waals surface area contributed by atoms with Gasteiger partial charge in [0.2, 0.25) is 5.91 Å². The quantitative estimate of drug-likeness (QED) is 0.418. The number of aromatic nitrogens is 2. The Balaban J connectivity index is 1.31. The van der Waals surface area contributed by atoms with E-state index in [2.05, 4.69) is 26.7 Å². The molecule has 6 heteroatoms. The number of benzene rings is 2. The highest BCUT2D eigenvalue weighted by atomic mass is 16.2. The third kappa shape index (κ3) is 3.62. The second-order valence-electron chi connectivity index (χ2n) is 6.87. The first-order chi connectivity index (χ1) is 13.6. The topological polar surface area (TPSA) is 89.8 Å². The summed E-state index contributed by atoms with van der Waals surface area (Å²) in [5.41, 5.74) is 3.58. The summed E-state index contributed by atoms with van der Waals surface area (Å²) in [6, 6.07) is 16.9. The number of para-hydroxylation sites is 2. The van der Waals surface area contributed by atoms with Crippen LogP contribution in [0.25, 0.3) is 21.8 Å². The number of fused-ring (bicyclic) bond motifs is 2. The molecule has 2 aromatic carbocycles. The molecule has 4 rings (SSSR count). The second-order valence-corrected chi connectivity index (χ2v) is 6.87. The molecule has 0 fully saturated rings. The zero-order valence-corrected chi connectivity index (χ0v) is 15.6. The second kappa shape index (κ2) is 7.60. The lowest BCUT2D eigenvalue weighted by atomic mass is 10.1. The van der Waals surface area contributed by atoms with Crippen LogP contribution < -0.4 is 10.6 Å². The lowest BCUT2D eigenvalue weighted by Crippen LogP contribution is -2.45. The van der Waals surface area contributed by atoms with Gasteiger partial charge in [0, 0.05) is 34.5 Å². The lowest BCUT2D eigenvalue weighted by Gasteiger charge is -2.13. The van der Waals surface area contributed by atoms with Gasteiger partial charge in [-0.2, -0.15) is 0 Å². The Morgan fingerprint density at radius 1 is 1.04 bits per heavy atom. The molecule has 6 nitrogen and oxygen atoms in total. The SMILES string of the molecule is CC(NC(=O)c1cc2ccccc2[nH]1)C(=O)NCCc1c[nH]c2ccccc12. The normalized spacial score (nSPS) is 12.2. The largest absolute Gasteiger partial charge is 0.361 e. The van der Waals surface area contributed by atoms with E-state index in [1.807, 2.05) is 48.7 Å². The fourth-order valence-corrected chi connectivity index (χ4v) is 3.35. The summed E-state index contributed by atoms with van der Waals surface area (Å²) in [6.07, 6.45) is 2.69. The maximum absolute atomic E-state index is 12.4. The molecule has 0 bridgehead atoms. The minimum atomic E-state index is -0.623. The molecule has 0 aliphatic rings. The summed E-state index contributed by atoms with van der Waals surface area (Å²) >= 11 is 0. The van der Waals surface area contributed by atoms with E-state index < -0.39 is 6.04 Å². The molecule has 4 N–H and O–H groups in total. The van der Waals surface area contributed by atoms with Crippen LogP contribution in [-0.2, 0) is 11.2 Å². The van der Waals surface area contributed by atoms with Crippen molar-refractivity contribution in [2.45, 2.75) is 19.4 Å². The number of carbonyl (C=O) groups excluding carboxylic acids is 2. The van der Waals surface area contributed by atoms with Gasteiger partial charge in [-0.25, -0.2) is 0 Å². The summed E-state index contributed by atoms with van der Waals surface area (Å²) in [7, 11) is 0. The van der Waals surface area contributed by atoms with Crippen LogP contribution in [0.1, 0.15) is 23.0 Å². The van der Waals surface area contributed by atoms with Crippen LogP contribution in [0.5, 0.6) is 0 Å².